The minimum absolute atomic E-state index is 0.0866. The molecule has 0 spiro atoms. The molecular formula is C6H15NO3S. The highest BCUT2D eigenvalue weighted by Gasteiger charge is 2.01. The molecule has 0 rings (SSSR count). The summed E-state index contributed by atoms with van der Waals surface area (Å²) in [5, 5.41) is 0. The lowest BCUT2D eigenvalue weighted by Gasteiger charge is -2.07. The molecule has 0 amide bonds. The van der Waals surface area contributed by atoms with Gasteiger partial charge in [-0.1, -0.05) is 13.3 Å². The van der Waals surface area contributed by atoms with Gasteiger partial charge in [0.05, 0.1) is 6.61 Å². The predicted octanol–water partition coefficient (Wildman–Crippen LogP) is 0.657. The molecule has 5 heteroatoms. The van der Waals surface area contributed by atoms with Gasteiger partial charge in [0.2, 0.25) is 0 Å². The molecule has 68 valence electrons. The first kappa shape index (κ1) is 11.0. The van der Waals surface area contributed by atoms with Gasteiger partial charge in [0.15, 0.2) is 0 Å². The van der Waals surface area contributed by atoms with Crippen LogP contribution >= 0.6 is 0 Å². The molecule has 0 fully saturated rings. The Labute approximate surface area is 69.6 Å². The van der Waals surface area contributed by atoms with Crippen molar-refractivity contribution in [2.24, 2.45) is 5.73 Å². The second kappa shape index (κ2) is 6.72. The van der Waals surface area contributed by atoms with Crippen LogP contribution in [-0.4, -0.2) is 21.4 Å². The van der Waals surface area contributed by atoms with E-state index in [0.29, 0.717) is 6.42 Å². The van der Waals surface area contributed by atoms with E-state index in [9.17, 15) is 4.21 Å². The van der Waals surface area contributed by atoms with E-state index >= 15 is 0 Å². The van der Waals surface area contributed by atoms with Crippen molar-refractivity contribution in [2.45, 2.75) is 32.2 Å². The van der Waals surface area contributed by atoms with Crippen molar-refractivity contribution in [3.05, 3.63) is 0 Å². The fraction of sp³-hybridized carbons (Fsp3) is 1.00. The lowest BCUT2D eigenvalue weighted by atomic mass is 10.1. The van der Waals surface area contributed by atoms with Crippen molar-refractivity contribution in [1.82, 2.24) is 0 Å². The maximum Gasteiger partial charge on any atom is 0.301 e. The largest absolute Gasteiger partial charge is 0.328 e. The predicted molar refractivity (Wildman–Crippen MR) is 44.2 cm³/mol. The lowest BCUT2D eigenvalue weighted by molar-refractivity contribution is 0.288. The van der Waals surface area contributed by atoms with Crippen LogP contribution in [0.2, 0.25) is 0 Å². The third kappa shape index (κ3) is 7.93. The molecule has 3 N–H and O–H groups in total. The van der Waals surface area contributed by atoms with Crippen molar-refractivity contribution >= 4 is 11.4 Å². The quantitative estimate of drug-likeness (QED) is 0.590. The molecule has 0 aliphatic carbocycles. The first-order chi connectivity index (χ1) is 5.16. The van der Waals surface area contributed by atoms with Crippen LogP contribution in [0.5, 0.6) is 0 Å². The number of rotatable bonds is 6. The van der Waals surface area contributed by atoms with Crippen LogP contribution in [0.15, 0.2) is 0 Å². The maximum absolute atomic E-state index is 9.99. The Morgan fingerprint density at radius 2 is 2.27 bits per heavy atom. The minimum atomic E-state index is -2.14. The van der Waals surface area contributed by atoms with Gasteiger partial charge in [0, 0.05) is 6.04 Å². The highest BCUT2D eigenvalue weighted by molar-refractivity contribution is 7.74. The van der Waals surface area contributed by atoms with Crippen LogP contribution in [0.3, 0.4) is 0 Å². The molecule has 0 aromatic heterocycles. The summed E-state index contributed by atoms with van der Waals surface area (Å²) < 4.78 is 22.6. The van der Waals surface area contributed by atoms with E-state index in [2.05, 4.69) is 4.18 Å². The zero-order chi connectivity index (χ0) is 8.69. The van der Waals surface area contributed by atoms with Crippen molar-refractivity contribution in [3.8, 4) is 0 Å². The van der Waals surface area contributed by atoms with E-state index in [1.807, 2.05) is 6.92 Å². The molecule has 0 saturated heterocycles. The minimum Gasteiger partial charge on any atom is -0.328 e. The molecule has 0 aromatic rings. The fourth-order valence-electron chi connectivity index (χ4n) is 0.786. The third-order valence-corrected chi connectivity index (χ3v) is 1.70. The highest BCUT2D eigenvalue weighted by atomic mass is 32.2. The van der Waals surface area contributed by atoms with Crippen LogP contribution in [-0.2, 0) is 15.5 Å². The monoisotopic (exact) mass is 181 g/mol. The summed E-state index contributed by atoms with van der Waals surface area (Å²) in [7, 11) is 0. The van der Waals surface area contributed by atoms with Gasteiger partial charge < -0.3 is 5.73 Å². The van der Waals surface area contributed by atoms with Crippen molar-refractivity contribution in [2.75, 3.05) is 6.61 Å². The van der Waals surface area contributed by atoms with Crippen LogP contribution in [0.25, 0.3) is 0 Å². The van der Waals surface area contributed by atoms with Crippen molar-refractivity contribution in [3.63, 3.8) is 0 Å². The number of nitrogens with two attached hydrogens (primary N) is 1. The number of hydrogen-bond acceptors (Lipinski definition) is 3. The van der Waals surface area contributed by atoms with Gasteiger partial charge in [-0.3, -0.25) is 8.74 Å². The molecule has 0 aromatic carbocycles. The Hall–Kier alpha value is 0.0300. The van der Waals surface area contributed by atoms with Gasteiger partial charge in [0.1, 0.15) is 0 Å². The van der Waals surface area contributed by atoms with E-state index in [0.717, 1.165) is 12.8 Å². The van der Waals surface area contributed by atoms with E-state index in [1.165, 1.54) is 0 Å². The summed E-state index contributed by atoms with van der Waals surface area (Å²) in [6, 6.07) is 0.0866. The molecule has 0 heterocycles. The summed E-state index contributed by atoms with van der Waals surface area (Å²) >= 11 is -2.14. The summed E-state index contributed by atoms with van der Waals surface area (Å²) in [5.41, 5.74) is 5.61. The molecule has 2 unspecified atom stereocenters. The molecule has 11 heavy (non-hydrogen) atoms. The average molecular weight is 181 g/mol. The Kier molecular flexibility index (Phi) is 6.74. The van der Waals surface area contributed by atoms with Gasteiger partial charge in [0.25, 0.3) is 0 Å². The van der Waals surface area contributed by atoms with E-state index in [1.54, 1.807) is 0 Å². The Morgan fingerprint density at radius 3 is 2.73 bits per heavy atom. The number of hydrogen-bond donors (Lipinski definition) is 2. The smallest absolute Gasteiger partial charge is 0.301 e. The SMILES string of the molecule is CCCC(N)CCOS(=O)O. The zero-order valence-electron chi connectivity index (χ0n) is 6.66. The molecule has 0 radical (unpaired) electrons. The summed E-state index contributed by atoms with van der Waals surface area (Å²) in [4.78, 5) is 0. The summed E-state index contributed by atoms with van der Waals surface area (Å²) in [5.74, 6) is 0. The average Bonchev–Trinajstić information content (AvgIpc) is 1.87. The van der Waals surface area contributed by atoms with Gasteiger partial charge in [-0.2, -0.15) is 4.21 Å². The molecular weight excluding hydrogens is 166 g/mol. The highest BCUT2D eigenvalue weighted by Crippen LogP contribution is 1.98. The summed E-state index contributed by atoms with van der Waals surface area (Å²) in [6.45, 7) is 2.30. The lowest BCUT2D eigenvalue weighted by Crippen LogP contribution is -2.21. The maximum atomic E-state index is 9.99. The Morgan fingerprint density at radius 1 is 1.64 bits per heavy atom. The normalized spacial score (nSPS) is 16.3. The second-order valence-corrected chi connectivity index (χ2v) is 3.05. The molecule has 4 nitrogen and oxygen atoms in total. The third-order valence-electron chi connectivity index (χ3n) is 1.33. The van der Waals surface area contributed by atoms with Crippen LogP contribution in [0.4, 0.5) is 0 Å². The molecule has 0 saturated carbocycles. The van der Waals surface area contributed by atoms with E-state index in [-0.39, 0.29) is 12.6 Å². The van der Waals surface area contributed by atoms with Crippen LogP contribution < -0.4 is 5.73 Å². The Balaban J connectivity index is 3.16. The van der Waals surface area contributed by atoms with Crippen molar-refractivity contribution < 1.29 is 12.9 Å². The molecule has 0 bridgehead atoms. The zero-order valence-corrected chi connectivity index (χ0v) is 7.47. The topological polar surface area (TPSA) is 72.5 Å². The Bertz CT molecular complexity index is 120. The standard InChI is InChI=1S/C6H15NO3S/c1-2-3-6(7)4-5-10-11(8)9/h6H,2-5,7H2,1H3,(H,8,9). The van der Waals surface area contributed by atoms with E-state index in [4.69, 9.17) is 10.3 Å². The van der Waals surface area contributed by atoms with Crippen LogP contribution in [0.1, 0.15) is 26.2 Å². The first-order valence-corrected chi connectivity index (χ1v) is 4.69. The molecule has 0 aliphatic rings. The van der Waals surface area contributed by atoms with Crippen molar-refractivity contribution in [1.29, 1.82) is 0 Å². The van der Waals surface area contributed by atoms with Gasteiger partial charge in [-0.05, 0) is 12.8 Å². The fourth-order valence-corrected chi connectivity index (χ4v) is 1.02. The summed E-state index contributed by atoms with van der Waals surface area (Å²) in [6.07, 6.45) is 2.60. The van der Waals surface area contributed by atoms with Gasteiger partial charge >= 0.3 is 11.4 Å². The molecule has 0 aliphatic heterocycles. The van der Waals surface area contributed by atoms with Gasteiger partial charge in [-0.15, -0.1) is 0 Å². The van der Waals surface area contributed by atoms with Gasteiger partial charge in [-0.25, -0.2) is 0 Å². The second-order valence-electron chi connectivity index (χ2n) is 2.38. The van der Waals surface area contributed by atoms with Crippen LogP contribution in [0, 0.1) is 0 Å². The van der Waals surface area contributed by atoms with E-state index < -0.39 is 11.4 Å². The molecule has 2 atom stereocenters. The first-order valence-electron chi connectivity index (χ1n) is 3.66.